The Kier molecular flexibility index (Phi) is 12.9. The van der Waals surface area contributed by atoms with Crippen molar-refractivity contribution in [2.45, 2.75) is 71.8 Å². The lowest BCUT2D eigenvalue weighted by molar-refractivity contribution is 0.532. The van der Waals surface area contributed by atoms with Gasteiger partial charge < -0.3 is 10.6 Å². The van der Waals surface area contributed by atoms with E-state index < -0.39 is 0 Å². The van der Waals surface area contributed by atoms with Crippen LogP contribution in [0.1, 0.15) is 65.7 Å². The Morgan fingerprint density at radius 2 is 1.38 bits per heavy atom. The summed E-state index contributed by atoms with van der Waals surface area (Å²) < 4.78 is 0. The summed E-state index contributed by atoms with van der Waals surface area (Å²) in [7, 11) is 0. The lowest BCUT2D eigenvalue weighted by atomic mass is 10.1. The normalized spacial score (nSPS) is 11.2. The van der Waals surface area contributed by atoms with Crippen LogP contribution in [0.2, 0.25) is 0 Å². The highest BCUT2D eigenvalue weighted by atomic mass is 14.9. The van der Waals surface area contributed by atoms with Crippen molar-refractivity contribution in [2.75, 3.05) is 19.6 Å². The van der Waals surface area contributed by atoms with E-state index in [1.807, 2.05) is 0 Å². The van der Waals surface area contributed by atoms with Crippen molar-refractivity contribution in [3.8, 4) is 0 Å². The van der Waals surface area contributed by atoms with E-state index in [2.05, 4.69) is 31.4 Å². The molecule has 0 amide bonds. The number of hydrogen-bond donors (Lipinski definition) is 2. The van der Waals surface area contributed by atoms with Gasteiger partial charge in [0.05, 0.1) is 0 Å². The first kappa shape index (κ1) is 15.9. The van der Waals surface area contributed by atoms with Crippen LogP contribution in [0.15, 0.2) is 0 Å². The molecule has 0 bridgehead atoms. The summed E-state index contributed by atoms with van der Waals surface area (Å²) in [5.41, 5.74) is 0. The maximum Gasteiger partial charge on any atom is 0.00790 e. The zero-order valence-corrected chi connectivity index (χ0v) is 11.6. The third-order valence-electron chi connectivity index (χ3n) is 2.81. The van der Waals surface area contributed by atoms with Crippen LogP contribution in [0, 0.1) is 0 Å². The average Bonchev–Trinajstić information content (AvgIpc) is 2.25. The molecule has 16 heavy (non-hydrogen) atoms. The van der Waals surface area contributed by atoms with Gasteiger partial charge in [-0.3, -0.25) is 0 Å². The third kappa shape index (κ3) is 13.9. The summed E-state index contributed by atoms with van der Waals surface area (Å²) in [6.07, 6.45) is 9.79. The standard InChI is InChI=1S/C14H32N2/c1-4-5-6-7-8-9-10-11-15-12-13-16-14(2)3/h14-16H,4-13H2,1-3H3. The molecule has 0 aromatic carbocycles. The fourth-order valence-corrected chi connectivity index (χ4v) is 1.78. The van der Waals surface area contributed by atoms with Crippen molar-refractivity contribution in [2.24, 2.45) is 0 Å². The Morgan fingerprint density at radius 3 is 2.00 bits per heavy atom. The van der Waals surface area contributed by atoms with E-state index >= 15 is 0 Å². The first-order chi connectivity index (χ1) is 7.77. The predicted octanol–water partition coefficient (Wildman–Crippen LogP) is 3.32. The summed E-state index contributed by atoms with van der Waals surface area (Å²) in [5, 5.41) is 6.89. The summed E-state index contributed by atoms with van der Waals surface area (Å²) in [5.74, 6) is 0. The van der Waals surface area contributed by atoms with Crippen LogP contribution in [0.3, 0.4) is 0 Å². The molecule has 0 aliphatic heterocycles. The molecule has 0 aliphatic carbocycles. The van der Waals surface area contributed by atoms with Gasteiger partial charge in [0.25, 0.3) is 0 Å². The predicted molar refractivity (Wildman–Crippen MR) is 74.0 cm³/mol. The highest BCUT2D eigenvalue weighted by Gasteiger charge is 1.92. The van der Waals surface area contributed by atoms with E-state index in [9.17, 15) is 0 Å². The minimum absolute atomic E-state index is 0.611. The zero-order chi connectivity index (χ0) is 12.1. The first-order valence-corrected chi connectivity index (χ1v) is 7.21. The van der Waals surface area contributed by atoms with Crippen molar-refractivity contribution in [3.05, 3.63) is 0 Å². The Morgan fingerprint density at radius 1 is 0.750 bits per heavy atom. The first-order valence-electron chi connectivity index (χ1n) is 7.21. The van der Waals surface area contributed by atoms with Gasteiger partial charge >= 0.3 is 0 Å². The maximum absolute atomic E-state index is 3.48. The molecule has 98 valence electrons. The van der Waals surface area contributed by atoms with Gasteiger partial charge in [-0.05, 0) is 13.0 Å². The molecule has 0 unspecified atom stereocenters. The van der Waals surface area contributed by atoms with Crippen LogP contribution in [-0.2, 0) is 0 Å². The van der Waals surface area contributed by atoms with Crippen LogP contribution >= 0.6 is 0 Å². The SMILES string of the molecule is CCCCCCCCCNCCNC(C)C. The van der Waals surface area contributed by atoms with E-state index in [1.165, 1.54) is 51.5 Å². The van der Waals surface area contributed by atoms with Crippen molar-refractivity contribution in [1.82, 2.24) is 10.6 Å². The molecule has 0 aromatic heterocycles. The molecule has 0 saturated carbocycles. The van der Waals surface area contributed by atoms with Crippen molar-refractivity contribution >= 4 is 0 Å². The third-order valence-corrected chi connectivity index (χ3v) is 2.81. The monoisotopic (exact) mass is 228 g/mol. The second-order valence-corrected chi connectivity index (χ2v) is 4.98. The minimum atomic E-state index is 0.611. The van der Waals surface area contributed by atoms with Gasteiger partial charge in [-0.2, -0.15) is 0 Å². The highest BCUT2D eigenvalue weighted by Crippen LogP contribution is 2.05. The van der Waals surface area contributed by atoms with E-state index in [0.717, 1.165) is 13.1 Å². The van der Waals surface area contributed by atoms with Gasteiger partial charge in [0.1, 0.15) is 0 Å². The Balaban J connectivity index is 2.88. The van der Waals surface area contributed by atoms with Crippen molar-refractivity contribution in [3.63, 3.8) is 0 Å². The van der Waals surface area contributed by atoms with E-state index in [-0.39, 0.29) is 0 Å². The van der Waals surface area contributed by atoms with E-state index in [0.29, 0.717) is 6.04 Å². The lowest BCUT2D eigenvalue weighted by Gasteiger charge is -2.08. The Hall–Kier alpha value is -0.0800. The highest BCUT2D eigenvalue weighted by molar-refractivity contribution is 4.56. The van der Waals surface area contributed by atoms with Crippen LogP contribution in [0.4, 0.5) is 0 Å². The summed E-state index contributed by atoms with van der Waals surface area (Å²) in [6.45, 7) is 10.0. The number of hydrogen-bond acceptors (Lipinski definition) is 2. The second-order valence-electron chi connectivity index (χ2n) is 4.98. The molecule has 2 N–H and O–H groups in total. The van der Waals surface area contributed by atoms with E-state index in [4.69, 9.17) is 0 Å². The molecule has 0 spiro atoms. The molecule has 0 rings (SSSR count). The largest absolute Gasteiger partial charge is 0.315 e. The smallest absolute Gasteiger partial charge is 0.00790 e. The number of nitrogens with one attached hydrogen (secondary N) is 2. The van der Waals surface area contributed by atoms with Crippen LogP contribution in [0.5, 0.6) is 0 Å². The second kappa shape index (κ2) is 13.0. The summed E-state index contributed by atoms with van der Waals surface area (Å²) in [4.78, 5) is 0. The van der Waals surface area contributed by atoms with Gasteiger partial charge in [-0.25, -0.2) is 0 Å². The molecule has 0 atom stereocenters. The van der Waals surface area contributed by atoms with Gasteiger partial charge in [0, 0.05) is 19.1 Å². The molecule has 2 nitrogen and oxygen atoms in total. The molecular weight excluding hydrogens is 196 g/mol. The van der Waals surface area contributed by atoms with Crippen molar-refractivity contribution in [1.29, 1.82) is 0 Å². The topological polar surface area (TPSA) is 24.1 Å². The fraction of sp³-hybridized carbons (Fsp3) is 1.00. The van der Waals surface area contributed by atoms with Gasteiger partial charge in [0.15, 0.2) is 0 Å². The molecule has 0 fully saturated rings. The van der Waals surface area contributed by atoms with Gasteiger partial charge in [-0.15, -0.1) is 0 Å². The summed E-state index contributed by atoms with van der Waals surface area (Å²) >= 11 is 0. The molecule has 0 saturated heterocycles. The zero-order valence-electron chi connectivity index (χ0n) is 11.6. The van der Waals surface area contributed by atoms with Crippen LogP contribution < -0.4 is 10.6 Å². The van der Waals surface area contributed by atoms with E-state index in [1.54, 1.807) is 0 Å². The molecule has 0 radical (unpaired) electrons. The van der Waals surface area contributed by atoms with Gasteiger partial charge in [-0.1, -0.05) is 59.3 Å². The Labute approximate surface area is 103 Å². The minimum Gasteiger partial charge on any atom is -0.315 e. The molecule has 0 heterocycles. The summed E-state index contributed by atoms with van der Waals surface area (Å²) in [6, 6.07) is 0.611. The quantitative estimate of drug-likeness (QED) is 0.501. The van der Waals surface area contributed by atoms with Crippen LogP contribution in [-0.4, -0.2) is 25.7 Å². The fourth-order valence-electron chi connectivity index (χ4n) is 1.78. The molecular formula is C14H32N2. The Bertz CT molecular complexity index is 124. The number of rotatable bonds is 12. The molecule has 2 heteroatoms. The lowest BCUT2D eigenvalue weighted by Crippen LogP contribution is -2.31. The molecule has 0 aliphatic rings. The maximum atomic E-state index is 3.48. The van der Waals surface area contributed by atoms with Crippen LogP contribution in [0.25, 0.3) is 0 Å². The molecule has 0 aromatic rings. The van der Waals surface area contributed by atoms with Gasteiger partial charge in [0.2, 0.25) is 0 Å². The van der Waals surface area contributed by atoms with Crippen molar-refractivity contribution < 1.29 is 0 Å². The average molecular weight is 228 g/mol. The number of unbranched alkanes of at least 4 members (excludes halogenated alkanes) is 6.